The molecule has 1 aromatic heterocycles. The van der Waals surface area contributed by atoms with Gasteiger partial charge in [0, 0.05) is 16.6 Å². The van der Waals surface area contributed by atoms with Crippen LogP contribution in [0.15, 0.2) is 52.1 Å². The molecule has 104 valence electrons. The summed E-state index contributed by atoms with van der Waals surface area (Å²) in [6.07, 6.45) is 1.41. The molecule has 1 amide bonds. The molecule has 0 saturated carbocycles. The third kappa shape index (κ3) is 3.98. The van der Waals surface area contributed by atoms with Gasteiger partial charge in [0.25, 0.3) is 5.03 Å². The Labute approximate surface area is 129 Å². The predicted molar refractivity (Wildman–Crippen MR) is 83.6 cm³/mol. The molecule has 20 heavy (non-hydrogen) atoms. The van der Waals surface area contributed by atoms with Gasteiger partial charge in [0.15, 0.2) is 6.20 Å². The van der Waals surface area contributed by atoms with Gasteiger partial charge in [-0.25, -0.2) is 0 Å². The molecule has 0 spiro atoms. The van der Waals surface area contributed by atoms with Crippen molar-refractivity contribution in [2.24, 2.45) is 0 Å². The van der Waals surface area contributed by atoms with Gasteiger partial charge < -0.3 is 10.5 Å². The Kier molecular flexibility index (Phi) is 5.03. The molecule has 2 rings (SSSR count). The van der Waals surface area contributed by atoms with Gasteiger partial charge in [0.2, 0.25) is 5.91 Å². The van der Waals surface area contributed by atoms with Crippen molar-refractivity contribution in [2.75, 3.05) is 11.1 Å². The number of thioether (sulfide) groups is 1. The van der Waals surface area contributed by atoms with Gasteiger partial charge in [0.05, 0.1) is 11.4 Å². The van der Waals surface area contributed by atoms with E-state index in [0.29, 0.717) is 5.03 Å². The maximum Gasteiger partial charge on any atom is 0.251 e. The maximum absolute atomic E-state index is 11.9. The van der Waals surface area contributed by atoms with E-state index in [2.05, 4.69) is 21.2 Å². The van der Waals surface area contributed by atoms with E-state index in [0.717, 1.165) is 20.5 Å². The molecule has 1 heterocycles. The number of anilines is 1. The number of carbonyl (C=O) groups excluding carboxylic acids is 1. The minimum atomic E-state index is -0.150. The normalized spacial score (nSPS) is 10.3. The Morgan fingerprint density at radius 1 is 1.40 bits per heavy atom. The number of aryl methyl sites for hydroxylation is 1. The highest BCUT2D eigenvalue weighted by Crippen LogP contribution is 2.23. The summed E-state index contributed by atoms with van der Waals surface area (Å²) >= 11 is 4.61. The Balaban J connectivity index is 1.94. The summed E-state index contributed by atoms with van der Waals surface area (Å²) in [7, 11) is 0. The molecule has 0 aliphatic heterocycles. The van der Waals surface area contributed by atoms with Crippen LogP contribution in [0.25, 0.3) is 0 Å². The van der Waals surface area contributed by atoms with Crippen LogP contribution in [0, 0.1) is 12.1 Å². The fourth-order valence-corrected chi connectivity index (χ4v) is 2.88. The monoisotopic (exact) mass is 352 g/mol. The van der Waals surface area contributed by atoms with Crippen molar-refractivity contribution in [3.8, 4) is 0 Å². The molecular weight excluding hydrogens is 340 g/mol. The van der Waals surface area contributed by atoms with E-state index in [1.54, 1.807) is 18.2 Å². The molecule has 0 saturated heterocycles. The van der Waals surface area contributed by atoms with E-state index >= 15 is 0 Å². The van der Waals surface area contributed by atoms with Gasteiger partial charge in [-0.15, -0.1) is 0 Å². The molecule has 0 bridgehead atoms. The number of carbonyl (C=O) groups is 1. The molecule has 0 atom stereocenters. The van der Waals surface area contributed by atoms with Crippen molar-refractivity contribution < 1.29 is 9.52 Å². The molecule has 0 unspecified atom stereocenters. The zero-order valence-electron chi connectivity index (χ0n) is 10.8. The van der Waals surface area contributed by atoms with E-state index < -0.39 is 0 Å². The lowest BCUT2D eigenvalue weighted by Gasteiger charge is -2.08. The molecule has 0 fully saturated rings. The fraction of sp³-hybridized carbons (Fsp3) is 0.143. The summed E-state index contributed by atoms with van der Waals surface area (Å²) in [5.41, 5.74) is 1.84. The van der Waals surface area contributed by atoms with E-state index in [-0.39, 0.29) is 11.7 Å². The molecular formula is C14H13BrN2O2S. The van der Waals surface area contributed by atoms with Crippen molar-refractivity contribution in [2.45, 2.75) is 11.9 Å². The molecule has 1 aromatic carbocycles. The molecule has 0 aliphatic carbocycles. The van der Waals surface area contributed by atoms with Crippen LogP contribution in [0.3, 0.4) is 0 Å². The second-order valence-corrected chi connectivity index (χ2v) is 6.03. The van der Waals surface area contributed by atoms with Crippen LogP contribution in [-0.4, -0.2) is 11.7 Å². The Morgan fingerprint density at radius 3 is 2.90 bits per heavy atom. The van der Waals surface area contributed by atoms with Gasteiger partial charge in [0.1, 0.15) is 0 Å². The Morgan fingerprint density at radius 2 is 2.20 bits per heavy atom. The minimum Gasteiger partial charge on any atom is -0.618 e. The lowest BCUT2D eigenvalue weighted by Crippen LogP contribution is -2.28. The number of pyridine rings is 1. The highest BCUT2D eigenvalue weighted by atomic mass is 79.9. The Bertz CT molecular complexity index is 634. The van der Waals surface area contributed by atoms with Crippen LogP contribution < -0.4 is 10.0 Å². The van der Waals surface area contributed by atoms with Crippen LogP contribution in [0.2, 0.25) is 0 Å². The largest absolute Gasteiger partial charge is 0.618 e. The van der Waals surface area contributed by atoms with Gasteiger partial charge in [-0.3, -0.25) is 4.79 Å². The van der Waals surface area contributed by atoms with E-state index in [1.807, 2.05) is 25.1 Å². The fourth-order valence-electron chi connectivity index (χ4n) is 1.57. The topological polar surface area (TPSA) is 56.0 Å². The SMILES string of the molecule is Cc1ccc(NC(=O)CSc2cccc[n+]2[O-])c(Br)c1. The van der Waals surface area contributed by atoms with Crippen molar-refractivity contribution in [1.82, 2.24) is 0 Å². The van der Waals surface area contributed by atoms with Crippen molar-refractivity contribution in [3.05, 3.63) is 57.8 Å². The summed E-state index contributed by atoms with van der Waals surface area (Å²) in [5.74, 6) is 0.0374. The average molecular weight is 353 g/mol. The van der Waals surface area contributed by atoms with Crippen LogP contribution >= 0.6 is 27.7 Å². The number of amides is 1. The number of hydrogen-bond acceptors (Lipinski definition) is 3. The van der Waals surface area contributed by atoms with Gasteiger partial charge in [-0.2, -0.15) is 4.73 Å². The number of nitrogens with zero attached hydrogens (tertiary/aromatic N) is 1. The average Bonchev–Trinajstić information content (AvgIpc) is 2.41. The molecule has 6 heteroatoms. The van der Waals surface area contributed by atoms with Gasteiger partial charge in [-0.05, 0) is 58.4 Å². The van der Waals surface area contributed by atoms with Crippen molar-refractivity contribution in [3.63, 3.8) is 0 Å². The summed E-state index contributed by atoms with van der Waals surface area (Å²) < 4.78 is 1.59. The van der Waals surface area contributed by atoms with E-state index in [9.17, 15) is 10.0 Å². The summed E-state index contributed by atoms with van der Waals surface area (Å²) in [4.78, 5) is 11.9. The lowest BCUT2D eigenvalue weighted by molar-refractivity contribution is -0.645. The summed E-state index contributed by atoms with van der Waals surface area (Å²) in [5, 5.41) is 14.8. The van der Waals surface area contributed by atoms with Crippen LogP contribution in [0.4, 0.5) is 5.69 Å². The maximum atomic E-state index is 11.9. The van der Waals surface area contributed by atoms with Crippen LogP contribution in [0.5, 0.6) is 0 Å². The van der Waals surface area contributed by atoms with E-state index in [4.69, 9.17) is 0 Å². The zero-order chi connectivity index (χ0) is 14.5. The zero-order valence-corrected chi connectivity index (χ0v) is 13.2. The van der Waals surface area contributed by atoms with Crippen LogP contribution in [-0.2, 0) is 4.79 Å². The number of hydrogen-bond donors (Lipinski definition) is 1. The first-order chi connectivity index (χ1) is 9.56. The predicted octanol–water partition coefficient (Wildman–Crippen LogP) is 3.12. The number of benzene rings is 1. The van der Waals surface area contributed by atoms with E-state index in [1.165, 1.54) is 18.0 Å². The molecule has 2 aromatic rings. The quantitative estimate of drug-likeness (QED) is 0.522. The number of nitrogens with one attached hydrogen (secondary N) is 1. The number of halogens is 1. The van der Waals surface area contributed by atoms with Crippen molar-refractivity contribution >= 4 is 39.3 Å². The third-order valence-corrected chi connectivity index (χ3v) is 4.21. The molecule has 4 nitrogen and oxygen atoms in total. The summed E-state index contributed by atoms with van der Waals surface area (Å²) in [6.45, 7) is 1.98. The second kappa shape index (κ2) is 6.76. The van der Waals surface area contributed by atoms with Gasteiger partial charge in [-0.1, -0.05) is 6.07 Å². The van der Waals surface area contributed by atoms with Crippen LogP contribution in [0.1, 0.15) is 5.56 Å². The highest BCUT2D eigenvalue weighted by molar-refractivity contribution is 9.10. The first-order valence-corrected chi connectivity index (χ1v) is 7.71. The highest BCUT2D eigenvalue weighted by Gasteiger charge is 2.10. The molecule has 1 N–H and O–H groups in total. The first-order valence-electron chi connectivity index (χ1n) is 5.93. The lowest BCUT2D eigenvalue weighted by atomic mass is 10.2. The minimum absolute atomic E-state index is 0.150. The Hall–Kier alpha value is -1.53. The number of rotatable bonds is 4. The smallest absolute Gasteiger partial charge is 0.251 e. The number of aromatic nitrogens is 1. The third-order valence-electron chi connectivity index (χ3n) is 2.54. The first kappa shape index (κ1) is 14.9. The molecule has 0 aliphatic rings. The standard InChI is InChI=1S/C14H13BrN2O2S/c1-10-5-6-12(11(15)8-10)16-13(18)9-20-14-4-2-3-7-17(14)19/h2-8H,9H2,1H3,(H,16,18). The van der Waals surface area contributed by atoms with Crippen molar-refractivity contribution in [1.29, 1.82) is 0 Å². The molecule has 0 radical (unpaired) electrons. The summed E-state index contributed by atoms with van der Waals surface area (Å²) in [6, 6.07) is 10.8. The second-order valence-electron chi connectivity index (χ2n) is 4.18. The van der Waals surface area contributed by atoms with Gasteiger partial charge >= 0.3 is 0 Å².